The smallest absolute Gasteiger partial charge is 0.251 e. The standard InChI is InChI=1S/C20H18BrN3O2S2/c1-13-11-27-20(23-13)28-12-14-2-4-15(5-3-14)19(26)22-10-18(25)24-17-8-6-16(21)7-9-17/h2-9,11H,10,12H2,1H3,(H,22,26)(H,24,25). The van der Waals surface area contributed by atoms with Crippen LogP contribution >= 0.6 is 39.0 Å². The molecule has 0 bridgehead atoms. The molecule has 5 nitrogen and oxygen atoms in total. The molecule has 8 heteroatoms. The molecule has 2 N–H and O–H groups in total. The van der Waals surface area contributed by atoms with Crippen molar-refractivity contribution in [2.45, 2.75) is 17.0 Å². The number of aryl methyl sites for hydroxylation is 1. The van der Waals surface area contributed by atoms with Crippen molar-refractivity contribution < 1.29 is 9.59 Å². The van der Waals surface area contributed by atoms with E-state index in [1.54, 1.807) is 47.4 Å². The minimum atomic E-state index is -0.277. The predicted molar refractivity (Wildman–Crippen MR) is 118 cm³/mol. The van der Waals surface area contributed by atoms with E-state index < -0.39 is 0 Å². The summed E-state index contributed by atoms with van der Waals surface area (Å²) in [6, 6.07) is 14.6. The fourth-order valence-electron chi connectivity index (χ4n) is 2.30. The summed E-state index contributed by atoms with van der Waals surface area (Å²) < 4.78 is 1.97. The first-order chi connectivity index (χ1) is 13.5. The van der Waals surface area contributed by atoms with Crippen molar-refractivity contribution in [3.63, 3.8) is 0 Å². The number of anilines is 1. The fraction of sp³-hybridized carbons (Fsp3) is 0.150. The minimum Gasteiger partial charge on any atom is -0.343 e. The van der Waals surface area contributed by atoms with Gasteiger partial charge in [0.25, 0.3) is 5.91 Å². The van der Waals surface area contributed by atoms with Crippen LogP contribution in [-0.2, 0) is 10.5 Å². The van der Waals surface area contributed by atoms with Crippen LogP contribution in [-0.4, -0.2) is 23.3 Å². The van der Waals surface area contributed by atoms with E-state index in [-0.39, 0.29) is 18.4 Å². The number of carbonyl (C=O) groups excluding carboxylic acids is 2. The third-order valence-corrected chi connectivity index (χ3v) is 6.45. The molecule has 0 saturated carbocycles. The summed E-state index contributed by atoms with van der Waals surface area (Å²) in [5, 5.41) is 7.40. The van der Waals surface area contributed by atoms with Crippen molar-refractivity contribution in [3.05, 3.63) is 75.2 Å². The zero-order chi connectivity index (χ0) is 19.9. The van der Waals surface area contributed by atoms with E-state index in [1.165, 1.54) is 0 Å². The third kappa shape index (κ3) is 6.19. The van der Waals surface area contributed by atoms with Gasteiger partial charge in [0, 0.05) is 32.6 Å². The number of halogens is 1. The highest BCUT2D eigenvalue weighted by molar-refractivity contribution is 9.10. The SMILES string of the molecule is Cc1csc(SCc2ccc(C(=O)NCC(=O)Nc3ccc(Br)cc3)cc2)n1. The summed E-state index contributed by atoms with van der Waals surface area (Å²) in [4.78, 5) is 28.6. The lowest BCUT2D eigenvalue weighted by molar-refractivity contribution is -0.115. The fourth-order valence-corrected chi connectivity index (χ4v) is 4.37. The first-order valence-electron chi connectivity index (χ1n) is 8.47. The highest BCUT2D eigenvalue weighted by atomic mass is 79.9. The number of thiazole rings is 1. The average Bonchev–Trinajstić information content (AvgIpc) is 3.12. The highest BCUT2D eigenvalue weighted by Gasteiger charge is 2.09. The Bertz CT molecular complexity index is 956. The van der Waals surface area contributed by atoms with Crippen molar-refractivity contribution in [1.82, 2.24) is 10.3 Å². The number of nitrogens with zero attached hydrogens (tertiary/aromatic N) is 1. The Hall–Kier alpha value is -2.16. The number of thioether (sulfide) groups is 1. The van der Waals surface area contributed by atoms with E-state index in [0.717, 1.165) is 25.8 Å². The Kier molecular flexibility index (Phi) is 7.24. The lowest BCUT2D eigenvalue weighted by Crippen LogP contribution is -2.32. The van der Waals surface area contributed by atoms with Crippen LogP contribution in [0.5, 0.6) is 0 Å². The molecule has 0 fully saturated rings. The molecule has 3 rings (SSSR count). The zero-order valence-corrected chi connectivity index (χ0v) is 18.3. The van der Waals surface area contributed by atoms with E-state index >= 15 is 0 Å². The van der Waals surface area contributed by atoms with Crippen LogP contribution in [0.1, 0.15) is 21.6 Å². The molecule has 0 unspecified atom stereocenters. The van der Waals surface area contributed by atoms with Gasteiger partial charge in [-0.25, -0.2) is 4.98 Å². The van der Waals surface area contributed by atoms with Gasteiger partial charge in [-0.15, -0.1) is 11.3 Å². The molecule has 0 spiro atoms. The second-order valence-corrected chi connectivity index (χ2v) is 8.97. The molecule has 3 aromatic rings. The van der Waals surface area contributed by atoms with Crippen LogP contribution < -0.4 is 10.6 Å². The summed E-state index contributed by atoms with van der Waals surface area (Å²) in [7, 11) is 0. The number of nitrogens with one attached hydrogen (secondary N) is 2. The third-order valence-electron chi connectivity index (χ3n) is 3.71. The number of hydrogen-bond donors (Lipinski definition) is 2. The number of aromatic nitrogens is 1. The van der Waals surface area contributed by atoms with E-state index in [1.807, 2.05) is 36.6 Å². The Labute approximate surface area is 180 Å². The maximum Gasteiger partial charge on any atom is 0.251 e. The zero-order valence-electron chi connectivity index (χ0n) is 15.1. The lowest BCUT2D eigenvalue weighted by Gasteiger charge is -2.08. The van der Waals surface area contributed by atoms with Crippen molar-refractivity contribution in [2.24, 2.45) is 0 Å². The van der Waals surface area contributed by atoms with E-state index in [0.29, 0.717) is 11.3 Å². The van der Waals surface area contributed by atoms with Crippen molar-refractivity contribution in [2.75, 3.05) is 11.9 Å². The Morgan fingerprint density at radius 1 is 1.11 bits per heavy atom. The highest BCUT2D eigenvalue weighted by Crippen LogP contribution is 2.26. The molecule has 1 heterocycles. The summed E-state index contributed by atoms with van der Waals surface area (Å²) in [6.45, 7) is 1.89. The topological polar surface area (TPSA) is 71.1 Å². The molecule has 2 aromatic carbocycles. The van der Waals surface area contributed by atoms with Crippen LogP contribution in [0.2, 0.25) is 0 Å². The van der Waals surface area contributed by atoms with Gasteiger partial charge in [-0.3, -0.25) is 9.59 Å². The largest absolute Gasteiger partial charge is 0.343 e. The van der Waals surface area contributed by atoms with Crippen LogP contribution in [0.4, 0.5) is 5.69 Å². The lowest BCUT2D eigenvalue weighted by atomic mass is 10.1. The molecule has 0 saturated heterocycles. The molecule has 0 aliphatic rings. The van der Waals surface area contributed by atoms with Crippen LogP contribution in [0, 0.1) is 6.92 Å². The van der Waals surface area contributed by atoms with Crippen LogP contribution in [0.25, 0.3) is 0 Å². The van der Waals surface area contributed by atoms with Crippen molar-refractivity contribution in [1.29, 1.82) is 0 Å². The molecule has 28 heavy (non-hydrogen) atoms. The van der Waals surface area contributed by atoms with E-state index in [9.17, 15) is 9.59 Å². The van der Waals surface area contributed by atoms with Crippen LogP contribution in [0.3, 0.4) is 0 Å². The molecule has 0 atom stereocenters. The summed E-state index contributed by atoms with van der Waals surface area (Å²) in [6.07, 6.45) is 0. The van der Waals surface area contributed by atoms with Gasteiger partial charge in [0.1, 0.15) is 4.34 Å². The van der Waals surface area contributed by atoms with Gasteiger partial charge >= 0.3 is 0 Å². The summed E-state index contributed by atoms with van der Waals surface area (Å²) in [5.74, 6) is 0.243. The first kappa shape index (κ1) is 20.6. The van der Waals surface area contributed by atoms with Crippen molar-refractivity contribution >= 4 is 56.5 Å². The minimum absolute atomic E-state index is 0.0874. The van der Waals surface area contributed by atoms with Gasteiger partial charge in [0.05, 0.1) is 6.54 Å². The summed E-state index contributed by atoms with van der Waals surface area (Å²) >= 11 is 6.65. The van der Waals surface area contributed by atoms with Crippen molar-refractivity contribution in [3.8, 4) is 0 Å². The van der Waals surface area contributed by atoms with Crippen LogP contribution in [0.15, 0.2) is 62.7 Å². The molecule has 144 valence electrons. The van der Waals surface area contributed by atoms with Gasteiger partial charge in [-0.1, -0.05) is 39.8 Å². The molecular weight excluding hydrogens is 458 g/mol. The maximum absolute atomic E-state index is 12.2. The Balaban J connectivity index is 1.46. The maximum atomic E-state index is 12.2. The van der Waals surface area contributed by atoms with Gasteiger partial charge in [0.2, 0.25) is 5.91 Å². The summed E-state index contributed by atoms with van der Waals surface area (Å²) in [5.41, 5.74) is 3.35. The Morgan fingerprint density at radius 2 is 1.82 bits per heavy atom. The monoisotopic (exact) mass is 475 g/mol. The normalized spacial score (nSPS) is 10.5. The molecule has 0 aliphatic carbocycles. The number of carbonyl (C=O) groups is 2. The van der Waals surface area contributed by atoms with Gasteiger partial charge in [-0.05, 0) is 48.9 Å². The molecular formula is C20H18BrN3O2S2. The Morgan fingerprint density at radius 3 is 2.46 bits per heavy atom. The van der Waals surface area contributed by atoms with Gasteiger partial charge in [-0.2, -0.15) is 0 Å². The van der Waals surface area contributed by atoms with E-state index in [4.69, 9.17) is 0 Å². The second kappa shape index (κ2) is 9.86. The van der Waals surface area contributed by atoms with Gasteiger partial charge < -0.3 is 10.6 Å². The average molecular weight is 476 g/mol. The van der Waals surface area contributed by atoms with E-state index in [2.05, 4.69) is 31.5 Å². The second-order valence-electron chi connectivity index (χ2n) is 5.98. The molecule has 1 aromatic heterocycles. The number of rotatable bonds is 7. The molecule has 0 aliphatic heterocycles. The number of benzene rings is 2. The molecule has 2 amide bonds. The predicted octanol–water partition coefficient (Wildman–Crippen LogP) is 4.87. The molecule has 0 radical (unpaired) electrons. The van der Waals surface area contributed by atoms with Gasteiger partial charge in [0.15, 0.2) is 0 Å². The quantitative estimate of drug-likeness (QED) is 0.477. The first-order valence-corrected chi connectivity index (χ1v) is 11.1. The number of hydrogen-bond acceptors (Lipinski definition) is 5. The number of amides is 2.